The Morgan fingerprint density at radius 3 is 2.15 bits per heavy atom. The number of aldehydes is 1. The molecular formula is C24H24O2. The van der Waals surface area contributed by atoms with Gasteiger partial charge in [0.2, 0.25) is 0 Å². The van der Waals surface area contributed by atoms with Crippen molar-refractivity contribution in [3.05, 3.63) is 89.5 Å². The lowest BCUT2D eigenvalue weighted by Crippen LogP contribution is -2.10. The van der Waals surface area contributed by atoms with E-state index in [0.717, 1.165) is 23.0 Å². The lowest BCUT2D eigenvalue weighted by atomic mass is 9.86. The molecule has 2 nitrogen and oxygen atoms in total. The van der Waals surface area contributed by atoms with Gasteiger partial charge in [0.05, 0.1) is 0 Å². The molecule has 0 saturated carbocycles. The van der Waals surface area contributed by atoms with Gasteiger partial charge in [0.15, 0.2) is 0 Å². The fourth-order valence-electron chi connectivity index (χ4n) is 2.84. The van der Waals surface area contributed by atoms with Gasteiger partial charge in [-0.15, -0.1) is 0 Å². The summed E-state index contributed by atoms with van der Waals surface area (Å²) in [5, 5.41) is 0. The largest absolute Gasteiger partial charge is 0.489 e. The molecule has 0 aliphatic heterocycles. The summed E-state index contributed by atoms with van der Waals surface area (Å²) < 4.78 is 5.92. The van der Waals surface area contributed by atoms with Crippen molar-refractivity contribution < 1.29 is 9.53 Å². The maximum absolute atomic E-state index is 11.3. The van der Waals surface area contributed by atoms with Gasteiger partial charge in [-0.1, -0.05) is 75.4 Å². The Balaban J connectivity index is 1.86. The van der Waals surface area contributed by atoms with Crippen molar-refractivity contribution in [2.45, 2.75) is 32.8 Å². The highest BCUT2D eigenvalue weighted by Crippen LogP contribution is 2.29. The first-order valence-electron chi connectivity index (χ1n) is 8.83. The second-order valence-electron chi connectivity index (χ2n) is 7.51. The van der Waals surface area contributed by atoms with E-state index < -0.39 is 0 Å². The molecule has 0 saturated heterocycles. The first kappa shape index (κ1) is 17.9. The van der Waals surface area contributed by atoms with Crippen LogP contribution in [0.1, 0.15) is 42.3 Å². The Labute approximate surface area is 155 Å². The Hall–Kier alpha value is -2.87. The highest BCUT2D eigenvalue weighted by atomic mass is 16.5. The SMILES string of the molecule is CC(C)(C)c1ccc(-c2cc(C=O)cc(OCc3ccccc3)c2)cc1. The topological polar surface area (TPSA) is 26.3 Å². The molecule has 3 rings (SSSR count). The third kappa shape index (κ3) is 4.40. The molecule has 0 N–H and O–H groups in total. The summed E-state index contributed by atoms with van der Waals surface area (Å²) in [7, 11) is 0. The van der Waals surface area contributed by atoms with E-state index in [1.54, 1.807) is 6.07 Å². The fourth-order valence-corrected chi connectivity index (χ4v) is 2.84. The number of benzene rings is 3. The number of hydrogen-bond acceptors (Lipinski definition) is 2. The summed E-state index contributed by atoms with van der Waals surface area (Å²) in [5.74, 6) is 0.702. The van der Waals surface area contributed by atoms with E-state index in [9.17, 15) is 4.79 Å². The third-order valence-corrected chi connectivity index (χ3v) is 4.40. The van der Waals surface area contributed by atoms with E-state index in [1.165, 1.54) is 5.56 Å². The van der Waals surface area contributed by atoms with Crippen LogP contribution in [0.2, 0.25) is 0 Å². The van der Waals surface area contributed by atoms with Crippen LogP contribution in [0.3, 0.4) is 0 Å². The van der Waals surface area contributed by atoms with Gasteiger partial charge in [-0.05, 0) is 45.9 Å². The predicted molar refractivity (Wildman–Crippen MR) is 107 cm³/mol. The molecule has 26 heavy (non-hydrogen) atoms. The lowest BCUT2D eigenvalue weighted by Gasteiger charge is -2.19. The number of rotatable bonds is 5. The van der Waals surface area contributed by atoms with Crippen molar-refractivity contribution in [3.63, 3.8) is 0 Å². The zero-order valence-electron chi connectivity index (χ0n) is 15.5. The third-order valence-electron chi connectivity index (χ3n) is 4.40. The van der Waals surface area contributed by atoms with Crippen LogP contribution in [0.25, 0.3) is 11.1 Å². The van der Waals surface area contributed by atoms with E-state index in [4.69, 9.17) is 4.74 Å². The van der Waals surface area contributed by atoms with Gasteiger partial charge in [0.1, 0.15) is 18.6 Å². The van der Waals surface area contributed by atoms with Crippen molar-refractivity contribution in [3.8, 4) is 16.9 Å². The summed E-state index contributed by atoms with van der Waals surface area (Å²) in [6.07, 6.45) is 0.863. The highest BCUT2D eigenvalue weighted by molar-refractivity contribution is 5.80. The molecule has 0 bridgehead atoms. The average molecular weight is 344 g/mol. The van der Waals surface area contributed by atoms with Gasteiger partial charge in [0, 0.05) is 5.56 Å². The van der Waals surface area contributed by atoms with E-state index in [2.05, 4.69) is 45.0 Å². The van der Waals surface area contributed by atoms with Crippen molar-refractivity contribution in [1.82, 2.24) is 0 Å². The summed E-state index contributed by atoms with van der Waals surface area (Å²) in [6.45, 7) is 7.07. The molecule has 0 unspecified atom stereocenters. The lowest BCUT2D eigenvalue weighted by molar-refractivity contribution is 0.112. The first-order chi connectivity index (χ1) is 12.5. The first-order valence-corrected chi connectivity index (χ1v) is 8.83. The zero-order chi connectivity index (χ0) is 18.6. The number of hydrogen-bond donors (Lipinski definition) is 0. The van der Waals surface area contributed by atoms with Gasteiger partial charge in [-0.25, -0.2) is 0 Å². The second kappa shape index (κ2) is 7.57. The molecule has 0 aliphatic carbocycles. The molecule has 0 aliphatic rings. The van der Waals surface area contributed by atoms with Gasteiger partial charge in [0.25, 0.3) is 0 Å². The van der Waals surface area contributed by atoms with Crippen LogP contribution in [0.5, 0.6) is 5.75 Å². The van der Waals surface area contributed by atoms with Gasteiger partial charge < -0.3 is 4.74 Å². The molecule has 2 heteroatoms. The summed E-state index contributed by atoms with van der Waals surface area (Å²) in [6, 6.07) is 24.2. The second-order valence-corrected chi connectivity index (χ2v) is 7.51. The minimum atomic E-state index is 0.118. The Morgan fingerprint density at radius 1 is 0.846 bits per heavy atom. The molecule has 0 radical (unpaired) electrons. The van der Waals surface area contributed by atoms with E-state index in [1.807, 2.05) is 42.5 Å². The van der Waals surface area contributed by atoms with Crippen LogP contribution < -0.4 is 4.74 Å². The van der Waals surface area contributed by atoms with Crippen molar-refractivity contribution >= 4 is 6.29 Å². The minimum Gasteiger partial charge on any atom is -0.489 e. The molecule has 0 aromatic heterocycles. The number of ether oxygens (including phenoxy) is 1. The van der Waals surface area contributed by atoms with Gasteiger partial charge >= 0.3 is 0 Å². The molecule has 0 atom stereocenters. The average Bonchev–Trinajstić information content (AvgIpc) is 2.66. The molecule has 0 amide bonds. The van der Waals surface area contributed by atoms with Crippen LogP contribution >= 0.6 is 0 Å². The van der Waals surface area contributed by atoms with E-state index >= 15 is 0 Å². The highest BCUT2D eigenvalue weighted by Gasteiger charge is 2.13. The summed E-state index contributed by atoms with van der Waals surface area (Å²) in [5.41, 5.74) is 5.18. The Morgan fingerprint density at radius 2 is 1.54 bits per heavy atom. The maximum atomic E-state index is 11.3. The fraction of sp³-hybridized carbons (Fsp3) is 0.208. The smallest absolute Gasteiger partial charge is 0.150 e. The Bertz CT molecular complexity index is 872. The van der Waals surface area contributed by atoms with Crippen LogP contribution in [0.15, 0.2) is 72.8 Å². The standard InChI is InChI=1S/C24H24O2/c1-24(2,3)22-11-9-20(10-12-22)21-13-19(16-25)14-23(15-21)26-17-18-7-5-4-6-8-18/h4-16H,17H2,1-3H3. The molecule has 0 fully saturated rings. The van der Waals surface area contributed by atoms with Crippen molar-refractivity contribution in [2.24, 2.45) is 0 Å². The minimum absolute atomic E-state index is 0.118. The van der Waals surface area contributed by atoms with E-state index in [0.29, 0.717) is 17.9 Å². The number of carbonyl (C=O) groups excluding carboxylic acids is 1. The van der Waals surface area contributed by atoms with Gasteiger partial charge in [-0.3, -0.25) is 4.79 Å². The summed E-state index contributed by atoms with van der Waals surface area (Å²) >= 11 is 0. The zero-order valence-corrected chi connectivity index (χ0v) is 15.5. The van der Waals surface area contributed by atoms with Crippen LogP contribution in [0.4, 0.5) is 0 Å². The molecule has 0 heterocycles. The number of carbonyl (C=O) groups is 1. The summed E-state index contributed by atoms with van der Waals surface area (Å²) in [4.78, 5) is 11.3. The van der Waals surface area contributed by atoms with Crippen molar-refractivity contribution in [1.29, 1.82) is 0 Å². The quantitative estimate of drug-likeness (QED) is 0.527. The van der Waals surface area contributed by atoms with Crippen molar-refractivity contribution in [2.75, 3.05) is 0 Å². The van der Waals surface area contributed by atoms with Crippen LogP contribution in [-0.2, 0) is 12.0 Å². The molecule has 3 aromatic rings. The molecule has 0 spiro atoms. The molecule has 132 valence electrons. The Kier molecular flexibility index (Phi) is 5.22. The van der Waals surface area contributed by atoms with Gasteiger partial charge in [-0.2, -0.15) is 0 Å². The van der Waals surface area contributed by atoms with E-state index in [-0.39, 0.29) is 5.41 Å². The van der Waals surface area contributed by atoms with Crippen LogP contribution in [0, 0.1) is 0 Å². The predicted octanol–water partition coefficient (Wildman–Crippen LogP) is 6.04. The molecular weight excluding hydrogens is 320 g/mol. The normalized spacial score (nSPS) is 11.2. The maximum Gasteiger partial charge on any atom is 0.150 e. The van der Waals surface area contributed by atoms with Crippen LogP contribution in [-0.4, -0.2) is 6.29 Å². The molecule has 3 aromatic carbocycles. The monoisotopic (exact) mass is 344 g/mol.